The third-order valence-corrected chi connectivity index (χ3v) is 2.53. The molecule has 0 aliphatic carbocycles. The van der Waals surface area contributed by atoms with Crippen molar-refractivity contribution < 1.29 is 23.9 Å². The minimum atomic E-state index is -1.61. The molecule has 19 heavy (non-hydrogen) atoms. The van der Waals surface area contributed by atoms with Gasteiger partial charge in [-0.15, -0.1) is 0 Å². The van der Waals surface area contributed by atoms with Crippen molar-refractivity contribution >= 4 is 18.0 Å². The lowest BCUT2D eigenvalue weighted by Crippen LogP contribution is -2.61. The van der Waals surface area contributed by atoms with Gasteiger partial charge in [0.15, 0.2) is 5.54 Å². The van der Waals surface area contributed by atoms with Crippen LogP contribution in [0.15, 0.2) is 0 Å². The number of carbonyl (C=O) groups excluding carboxylic acids is 3. The zero-order valence-electron chi connectivity index (χ0n) is 12.5. The van der Waals surface area contributed by atoms with Gasteiger partial charge in [0.1, 0.15) is 5.60 Å². The molecule has 0 fully saturated rings. The first-order chi connectivity index (χ1) is 8.45. The van der Waals surface area contributed by atoms with Gasteiger partial charge in [0.25, 0.3) is 5.91 Å². The quantitative estimate of drug-likeness (QED) is 0.597. The number of esters is 1. The van der Waals surface area contributed by atoms with Crippen molar-refractivity contribution in [3.8, 4) is 0 Å². The number of ether oxygens (including phenoxy) is 2. The number of imide groups is 1. The fourth-order valence-corrected chi connectivity index (χ4v) is 1.20. The Morgan fingerprint density at radius 2 is 1.53 bits per heavy atom. The minimum absolute atomic E-state index is 0.732. The largest absolute Gasteiger partial charge is 0.467 e. The molecule has 0 saturated heterocycles. The third-order valence-electron chi connectivity index (χ3n) is 2.53. The lowest BCUT2D eigenvalue weighted by atomic mass is 10.00. The van der Waals surface area contributed by atoms with E-state index in [-0.39, 0.29) is 0 Å². The first-order valence-electron chi connectivity index (χ1n) is 5.75. The molecule has 0 aromatic carbocycles. The lowest BCUT2D eigenvalue weighted by molar-refractivity contribution is -0.158. The maximum absolute atomic E-state index is 12.0. The molecular formula is C12H22N2O5. The first kappa shape index (κ1) is 17.4. The van der Waals surface area contributed by atoms with Gasteiger partial charge in [-0.25, -0.2) is 9.59 Å². The summed E-state index contributed by atoms with van der Waals surface area (Å²) < 4.78 is 9.54. The monoisotopic (exact) mass is 274 g/mol. The van der Waals surface area contributed by atoms with E-state index in [1.807, 2.05) is 5.32 Å². The molecule has 0 rings (SSSR count). The van der Waals surface area contributed by atoms with Crippen molar-refractivity contribution in [3.05, 3.63) is 0 Å². The molecular weight excluding hydrogens is 252 g/mol. The van der Waals surface area contributed by atoms with Crippen molar-refractivity contribution in [3.63, 3.8) is 0 Å². The highest BCUT2D eigenvalue weighted by molar-refractivity contribution is 6.11. The number of rotatable bonds is 3. The van der Waals surface area contributed by atoms with Gasteiger partial charge in [-0.2, -0.15) is 0 Å². The number of hydrogen-bond acceptors (Lipinski definition) is 6. The molecule has 0 unspecified atom stereocenters. The number of hydrogen-bond donors (Lipinski definition) is 1. The van der Waals surface area contributed by atoms with E-state index in [9.17, 15) is 14.4 Å². The summed E-state index contributed by atoms with van der Waals surface area (Å²) in [5.74, 6) is -1.57. The van der Waals surface area contributed by atoms with E-state index < -0.39 is 29.1 Å². The molecule has 0 radical (unpaired) electrons. The van der Waals surface area contributed by atoms with E-state index in [1.54, 1.807) is 20.8 Å². The van der Waals surface area contributed by atoms with Crippen LogP contribution in [0.4, 0.5) is 4.79 Å². The van der Waals surface area contributed by atoms with E-state index >= 15 is 0 Å². The highest BCUT2D eigenvalue weighted by atomic mass is 16.6. The van der Waals surface area contributed by atoms with Gasteiger partial charge in [-0.3, -0.25) is 15.0 Å². The zero-order chi connectivity index (χ0) is 15.4. The Bertz CT molecular complexity index is 373. The number of likely N-dealkylation sites (N-methyl/N-ethyl adjacent to an activating group) is 1. The van der Waals surface area contributed by atoms with Gasteiger partial charge < -0.3 is 9.47 Å². The molecule has 7 nitrogen and oxygen atoms in total. The molecule has 0 spiro atoms. The Morgan fingerprint density at radius 1 is 1.05 bits per heavy atom. The second-order valence-electron chi connectivity index (χ2n) is 5.41. The third kappa shape index (κ3) is 4.51. The molecule has 110 valence electrons. The summed E-state index contributed by atoms with van der Waals surface area (Å²) in [5.41, 5.74) is -2.34. The molecule has 0 aliphatic rings. The van der Waals surface area contributed by atoms with Gasteiger partial charge in [-0.1, -0.05) is 0 Å². The smallest absolute Gasteiger partial charge is 0.414 e. The zero-order valence-corrected chi connectivity index (χ0v) is 12.5. The summed E-state index contributed by atoms with van der Waals surface area (Å²) in [4.78, 5) is 36.6. The Kier molecular flexibility index (Phi) is 5.49. The molecule has 7 heteroatoms. The Labute approximate surface area is 113 Å². The number of amides is 2. The normalized spacial score (nSPS) is 14.5. The van der Waals surface area contributed by atoms with Crippen LogP contribution < -0.4 is 5.32 Å². The maximum Gasteiger partial charge on any atom is 0.414 e. The van der Waals surface area contributed by atoms with Crippen LogP contribution in [0.2, 0.25) is 0 Å². The number of carbonyl (C=O) groups is 3. The van der Waals surface area contributed by atoms with Crippen molar-refractivity contribution in [1.82, 2.24) is 10.2 Å². The highest BCUT2D eigenvalue weighted by Crippen LogP contribution is 2.14. The summed E-state index contributed by atoms with van der Waals surface area (Å²) in [7, 11) is 4.24. The first-order valence-corrected chi connectivity index (χ1v) is 5.75. The number of nitrogens with one attached hydrogen (secondary N) is 1. The summed E-state index contributed by atoms with van der Waals surface area (Å²) in [6, 6.07) is 0. The van der Waals surface area contributed by atoms with Crippen LogP contribution in [0.25, 0.3) is 0 Å². The summed E-state index contributed by atoms with van der Waals surface area (Å²) in [6.45, 7) is 6.37. The van der Waals surface area contributed by atoms with Crippen LogP contribution >= 0.6 is 0 Å². The van der Waals surface area contributed by atoms with Crippen LogP contribution in [0.1, 0.15) is 27.7 Å². The van der Waals surface area contributed by atoms with Gasteiger partial charge in [0.05, 0.1) is 7.11 Å². The van der Waals surface area contributed by atoms with E-state index in [2.05, 4.69) is 4.74 Å². The molecule has 1 atom stereocenters. The van der Waals surface area contributed by atoms with Crippen molar-refractivity contribution in [1.29, 1.82) is 0 Å². The summed E-state index contributed by atoms with van der Waals surface area (Å²) in [5, 5.41) is 2.03. The fourth-order valence-electron chi connectivity index (χ4n) is 1.20. The van der Waals surface area contributed by atoms with Crippen molar-refractivity contribution in [2.75, 3.05) is 21.2 Å². The summed E-state index contributed by atoms with van der Waals surface area (Å²) in [6.07, 6.45) is -0.908. The van der Waals surface area contributed by atoms with Crippen LogP contribution in [-0.4, -0.2) is 55.2 Å². The molecule has 0 heterocycles. The second kappa shape index (κ2) is 6.01. The molecule has 0 aromatic heterocycles. The molecule has 0 aromatic rings. The Morgan fingerprint density at radius 3 is 1.84 bits per heavy atom. The van der Waals surface area contributed by atoms with Crippen LogP contribution in [-0.2, 0) is 19.1 Å². The van der Waals surface area contributed by atoms with E-state index in [0.29, 0.717) is 0 Å². The fraction of sp³-hybridized carbons (Fsp3) is 0.750. The summed E-state index contributed by atoms with van der Waals surface area (Å²) >= 11 is 0. The predicted octanol–water partition coefficient (Wildman–Crippen LogP) is 0.531. The Hall–Kier alpha value is -1.63. The van der Waals surface area contributed by atoms with Gasteiger partial charge in [0.2, 0.25) is 0 Å². The van der Waals surface area contributed by atoms with Gasteiger partial charge in [0, 0.05) is 0 Å². The average molecular weight is 274 g/mol. The number of methoxy groups -OCH3 is 1. The second-order valence-corrected chi connectivity index (χ2v) is 5.41. The maximum atomic E-state index is 12.0. The number of nitrogens with zero attached hydrogens (tertiary/aromatic N) is 1. The standard InChI is InChI=1S/C12H22N2O5/c1-11(2,3)19-10(17)13-8(15)12(4,14(5)6)9(16)18-7/h1-7H3,(H,13,15,17)/t12-/m1/s1. The van der Waals surface area contributed by atoms with E-state index in [1.165, 1.54) is 33.0 Å². The van der Waals surface area contributed by atoms with Crippen molar-refractivity contribution in [2.24, 2.45) is 0 Å². The predicted molar refractivity (Wildman–Crippen MR) is 68.5 cm³/mol. The van der Waals surface area contributed by atoms with Crippen LogP contribution in [0.3, 0.4) is 0 Å². The minimum Gasteiger partial charge on any atom is -0.467 e. The molecule has 1 N–H and O–H groups in total. The van der Waals surface area contributed by atoms with Crippen LogP contribution in [0.5, 0.6) is 0 Å². The molecule has 0 saturated carbocycles. The average Bonchev–Trinajstić information content (AvgIpc) is 2.23. The SMILES string of the molecule is COC(=O)[C@@](C)(C(=O)NC(=O)OC(C)(C)C)N(C)C. The highest BCUT2D eigenvalue weighted by Gasteiger charge is 2.45. The topological polar surface area (TPSA) is 84.9 Å². The van der Waals surface area contributed by atoms with Crippen molar-refractivity contribution in [2.45, 2.75) is 38.8 Å². The van der Waals surface area contributed by atoms with E-state index in [4.69, 9.17) is 4.74 Å². The van der Waals surface area contributed by atoms with Gasteiger partial charge >= 0.3 is 12.1 Å². The molecule has 0 bridgehead atoms. The Balaban J connectivity index is 4.96. The van der Waals surface area contributed by atoms with Crippen LogP contribution in [0, 0.1) is 0 Å². The van der Waals surface area contributed by atoms with Gasteiger partial charge in [-0.05, 0) is 41.8 Å². The lowest BCUT2D eigenvalue weighted by Gasteiger charge is -2.31. The molecule has 0 aliphatic heterocycles. The number of alkyl carbamates (subject to hydrolysis) is 1. The molecule has 2 amide bonds. The van der Waals surface area contributed by atoms with E-state index in [0.717, 1.165) is 0 Å².